The van der Waals surface area contributed by atoms with E-state index in [9.17, 15) is 4.79 Å². The summed E-state index contributed by atoms with van der Waals surface area (Å²) in [6.07, 6.45) is 0.285. The maximum Gasteiger partial charge on any atom is 0.221 e. The molecule has 0 fully saturated rings. The first kappa shape index (κ1) is 12.8. The summed E-state index contributed by atoms with van der Waals surface area (Å²) in [7, 11) is 0. The number of primary amides is 1. The predicted molar refractivity (Wildman–Crippen MR) is 89.2 cm³/mol. The molecule has 0 aliphatic heterocycles. The third kappa shape index (κ3) is 2.09. The van der Waals surface area contributed by atoms with Gasteiger partial charge in [0.15, 0.2) is 0 Å². The zero-order valence-corrected chi connectivity index (χ0v) is 12.0. The van der Waals surface area contributed by atoms with Crippen molar-refractivity contribution in [2.24, 2.45) is 5.73 Å². The topological polar surface area (TPSA) is 43.1 Å². The lowest BCUT2D eigenvalue weighted by Gasteiger charge is -2.10. The van der Waals surface area contributed by atoms with Gasteiger partial charge in [-0.1, -0.05) is 60.7 Å². The van der Waals surface area contributed by atoms with E-state index in [1.54, 1.807) is 0 Å². The van der Waals surface area contributed by atoms with Gasteiger partial charge in [-0.05, 0) is 45.0 Å². The Labute approximate surface area is 129 Å². The summed E-state index contributed by atoms with van der Waals surface area (Å²) >= 11 is 0. The Hall–Kier alpha value is -2.87. The number of rotatable bonds is 3. The molecule has 0 saturated carbocycles. The van der Waals surface area contributed by atoms with E-state index in [2.05, 4.69) is 54.6 Å². The van der Waals surface area contributed by atoms with Gasteiger partial charge in [0, 0.05) is 0 Å². The van der Waals surface area contributed by atoms with Crippen LogP contribution in [0.3, 0.4) is 0 Å². The summed E-state index contributed by atoms with van der Waals surface area (Å²) in [5.74, 6) is -0.302. The fraction of sp³-hybridized carbons (Fsp3) is 0.0500. The molecule has 0 atom stereocenters. The minimum Gasteiger partial charge on any atom is -0.369 e. The van der Waals surface area contributed by atoms with Gasteiger partial charge < -0.3 is 5.73 Å². The van der Waals surface area contributed by atoms with Gasteiger partial charge in [-0.15, -0.1) is 0 Å². The fourth-order valence-electron chi connectivity index (χ4n) is 3.06. The molecule has 5 rings (SSSR count). The Bertz CT molecular complexity index is 861. The second-order valence-electron chi connectivity index (χ2n) is 5.68. The molecule has 1 amide bonds. The number of carbonyl (C=O) groups is 1. The Kier molecular flexibility index (Phi) is 2.83. The van der Waals surface area contributed by atoms with Crippen molar-refractivity contribution in [3.63, 3.8) is 0 Å². The summed E-state index contributed by atoms with van der Waals surface area (Å²) in [6, 6.07) is 23.3. The molecule has 2 nitrogen and oxygen atoms in total. The molecule has 2 aliphatic carbocycles. The van der Waals surface area contributed by atoms with Crippen molar-refractivity contribution in [3.05, 3.63) is 72.3 Å². The first-order chi connectivity index (χ1) is 10.7. The van der Waals surface area contributed by atoms with Gasteiger partial charge in [-0.25, -0.2) is 0 Å². The Morgan fingerprint density at radius 1 is 0.682 bits per heavy atom. The summed E-state index contributed by atoms with van der Waals surface area (Å²) in [5, 5.41) is 0. The number of amides is 1. The highest BCUT2D eigenvalue weighted by molar-refractivity contribution is 5.90. The van der Waals surface area contributed by atoms with Crippen molar-refractivity contribution >= 4 is 5.91 Å². The third-order valence-corrected chi connectivity index (χ3v) is 4.19. The molecule has 0 radical (unpaired) electrons. The zero-order chi connectivity index (χ0) is 15.1. The summed E-state index contributed by atoms with van der Waals surface area (Å²) in [6.45, 7) is 0. The number of nitrogens with two attached hydrogens (primary N) is 1. The number of fused-ring (bicyclic) bond motifs is 2. The lowest BCUT2D eigenvalue weighted by Crippen LogP contribution is -2.13. The molecule has 3 aromatic rings. The molecule has 2 aliphatic rings. The average molecular weight is 285 g/mol. The van der Waals surface area contributed by atoms with Crippen LogP contribution in [0.5, 0.6) is 0 Å². The molecular weight excluding hydrogens is 270 g/mol. The van der Waals surface area contributed by atoms with Crippen LogP contribution in [-0.2, 0) is 11.2 Å². The SMILES string of the molecule is NC(=O)Cc1ccc(-c2ccc3cc2-c2ccc-3cc2)cc1. The molecule has 0 spiro atoms. The minimum absolute atomic E-state index is 0.285. The largest absolute Gasteiger partial charge is 0.369 e. The maximum absolute atomic E-state index is 11.0. The van der Waals surface area contributed by atoms with Gasteiger partial charge in [-0.2, -0.15) is 0 Å². The molecule has 0 aromatic heterocycles. The Balaban J connectivity index is 1.79. The minimum atomic E-state index is -0.302. The molecule has 22 heavy (non-hydrogen) atoms. The summed E-state index contributed by atoms with van der Waals surface area (Å²) in [4.78, 5) is 11.0. The van der Waals surface area contributed by atoms with Crippen LogP contribution in [0, 0.1) is 0 Å². The van der Waals surface area contributed by atoms with Gasteiger partial charge in [0.25, 0.3) is 0 Å². The van der Waals surface area contributed by atoms with Crippen LogP contribution in [-0.4, -0.2) is 5.91 Å². The molecule has 3 aromatic carbocycles. The second kappa shape index (κ2) is 4.85. The number of carbonyl (C=O) groups excluding carboxylic acids is 1. The standard InChI is InChI=1S/C20H15NO/c21-20(22)11-13-1-3-15(4-2-13)18-10-9-17-12-19(18)16-7-5-14(17)6-8-16/h1-10,12H,11H2,(H2,21,22). The van der Waals surface area contributed by atoms with Gasteiger partial charge in [0.05, 0.1) is 6.42 Å². The highest BCUT2D eigenvalue weighted by Gasteiger charge is 2.13. The number of benzene rings is 3. The van der Waals surface area contributed by atoms with Crippen molar-refractivity contribution < 1.29 is 4.79 Å². The average Bonchev–Trinajstić information content (AvgIpc) is 2.75. The van der Waals surface area contributed by atoms with Crippen molar-refractivity contribution in [1.82, 2.24) is 0 Å². The van der Waals surface area contributed by atoms with Crippen LogP contribution in [0.2, 0.25) is 0 Å². The Morgan fingerprint density at radius 3 is 1.91 bits per heavy atom. The molecule has 0 saturated heterocycles. The van der Waals surface area contributed by atoms with Crippen LogP contribution in [0.25, 0.3) is 33.4 Å². The molecule has 2 heteroatoms. The van der Waals surface area contributed by atoms with Crippen LogP contribution >= 0.6 is 0 Å². The third-order valence-electron chi connectivity index (χ3n) is 4.19. The Morgan fingerprint density at radius 2 is 1.23 bits per heavy atom. The maximum atomic E-state index is 11.0. The lowest BCUT2D eigenvalue weighted by molar-refractivity contribution is -0.117. The number of hydrogen-bond donors (Lipinski definition) is 1. The summed E-state index contributed by atoms with van der Waals surface area (Å²) in [5.41, 5.74) is 13.5. The zero-order valence-electron chi connectivity index (χ0n) is 12.0. The number of hydrogen-bond acceptors (Lipinski definition) is 1. The normalized spacial score (nSPS) is 11.3. The highest BCUT2D eigenvalue weighted by atomic mass is 16.1. The molecule has 0 heterocycles. The van der Waals surface area contributed by atoms with E-state index in [0.29, 0.717) is 0 Å². The van der Waals surface area contributed by atoms with Crippen molar-refractivity contribution in [1.29, 1.82) is 0 Å². The van der Waals surface area contributed by atoms with Crippen molar-refractivity contribution in [2.45, 2.75) is 6.42 Å². The van der Waals surface area contributed by atoms with E-state index in [4.69, 9.17) is 5.73 Å². The van der Waals surface area contributed by atoms with E-state index in [1.165, 1.54) is 27.8 Å². The lowest BCUT2D eigenvalue weighted by atomic mass is 9.94. The quantitative estimate of drug-likeness (QED) is 0.607. The smallest absolute Gasteiger partial charge is 0.221 e. The van der Waals surface area contributed by atoms with E-state index in [0.717, 1.165) is 11.1 Å². The summed E-state index contributed by atoms with van der Waals surface area (Å²) < 4.78 is 0. The van der Waals surface area contributed by atoms with Gasteiger partial charge in [0.1, 0.15) is 0 Å². The molecular formula is C20H15NO. The monoisotopic (exact) mass is 285 g/mol. The van der Waals surface area contributed by atoms with Crippen LogP contribution in [0.1, 0.15) is 5.56 Å². The van der Waals surface area contributed by atoms with E-state index in [1.807, 2.05) is 12.1 Å². The first-order valence-electron chi connectivity index (χ1n) is 7.33. The fourth-order valence-corrected chi connectivity index (χ4v) is 3.06. The van der Waals surface area contributed by atoms with Crippen LogP contribution < -0.4 is 5.73 Å². The van der Waals surface area contributed by atoms with E-state index >= 15 is 0 Å². The predicted octanol–water partition coefficient (Wildman–Crippen LogP) is 4.03. The van der Waals surface area contributed by atoms with Crippen molar-refractivity contribution in [2.75, 3.05) is 0 Å². The highest BCUT2D eigenvalue weighted by Crippen LogP contribution is 2.39. The first-order valence-corrected chi connectivity index (χ1v) is 7.33. The second-order valence-corrected chi connectivity index (χ2v) is 5.68. The van der Waals surface area contributed by atoms with Crippen molar-refractivity contribution in [3.8, 4) is 33.4 Å². The van der Waals surface area contributed by atoms with E-state index in [-0.39, 0.29) is 12.3 Å². The molecule has 0 unspecified atom stereocenters. The molecule has 4 bridgehead atoms. The van der Waals surface area contributed by atoms with Crippen LogP contribution in [0.4, 0.5) is 0 Å². The van der Waals surface area contributed by atoms with Gasteiger partial charge in [0.2, 0.25) is 5.91 Å². The van der Waals surface area contributed by atoms with Crippen LogP contribution in [0.15, 0.2) is 66.7 Å². The molecule has 2 N–H and O–H groups in total. The van der Waals surface area contributed by atoms with Gasteiger partial charge >= 0.3 is 0 Å². The molecule has 106 valence electrons. The van der Waals surface area contributed by atoms with E-state index < -0.39 is 0 Å². The van der Waals surface area contributed by atoms with Gasteiger partial charge in [-0.3, -0.25) is 4.79 Å².